The molecule has 1 fully saturated rings. The maximum Gasteiger partial charge on any atom is 0.392 e. The van der Waals surface area contributed by atoms with Crippen LogP contribution in [-0.4, -0.2) is 36.0 Å². The molecule has 0 bridgehead atoms. The van der Waals surface area contributed by atoms with Crippen molar-refractivity contribution in [3.63, 3.8) is 0 Å². The molecule has 6 nitrogen and oxygen atoms in total. The van der Waals surface area contributed by atoms with Gasteiger partial charge < -0.3 is 9.52 Å². The minimum absolute atomic E-state index is 0.0196. The smallest absolute Gasteiger partial charge is 0.392 e. The molecule has 0 amide bonds. The van der Waals surface area contributed by atoms with E-state index in [0.717, 1.165) is 0 Å². The lowest BCUT2D eigenvalue weighted by atomic mass is 9.85. The second-order valence-electron chi connectivity index (χ2n) is 4.59. The van der Waals surface area contributed by atoms with Gasteiger partial charge in [0, 0.05) is 5.41 Å². The van der Waals surface area contributed by atoms with Gasteiger partial charge in [0.2, 0.25) is 0 Å². The van der Waals surface area contributed by atoms with Crippen molar-refractivity contribution in [2.75, 3.05) is 11.5 Å². The molecule has 2 heterocycles. The van der Waals surface area contributed by atoms with Gasteiger partial charge in [-0.2, -0.15) is 0 Å². The lowest BCUT2D eigenvalue weighted by Gasteiger charge is -2.30. The molecule has 0 saturated carbocycles. The van der Waals surface area contributed by atoms with Crippen LogP contribution in [0.3, 0.4) is 0 Å². The average Bonchev–Trinajstić information content (AvgIpc) is 2.64. The minimum Gasteiger partial charge on any atom is -0.474 e. The van der Waals surface area contributed by atoms with E-state index in [-0.39, 0.29) is 11.5 Å². The molecule has 0 aliphatic carbocycles. The molecule has 1 unspecified atom stereocenters. The highest BCUT2D eigenvalue weighted by molar-refractivity contribution is 7.91. The largest absolute Gasteiger partial charge is 0.474 e. The first-order chi connectivity index (χ1) is 7.82. The predicted octanol–water partition coefficient (Wildman–Crippen LogP) is 0.839. The van der Waals surface area contributed by atoms with Crippen molar-refractivity contribution < 1.29 is 22.7 Å². The summed E-state index contributed by atoms with van der Waals surface area (Å²) < 4.78 is 28.3. The fraction of sp³-hybridized carbons (Fsp3) is 0.600. The number of carboxylic acids is 1. The van der Waals surface area contributed by atoms with Gasteiger partial charge in [-0.3, -0.25) is 0 Å². The van der Waals surface area contributed by atoms with E-state index in [1.807, 2.05) is 0 Å². The summed E-state index contributed by atoms with van der Waals surface area (Å²) in [5, 5.41) is 8.71. The van der Waals surface area contributed by atoms with Crippen LogP contribution in [-0.2, 0) is 15.3 Å². The monoisotopic (exact) mass is 259 g/mol. The number of hydrogen-bond donors (Lipinski definition) is 1. The SMILES string of the molecule is CC1(c2cnc(C(=O)O)o2)CCCS(=O)(=O)C1. The minimum atomic E-state index is -3.08. The molecule has 1 aliphatic heterocycles. The molecule has 7 heteroatoms. The van der Waals surface area contributed by atoms with Gasteiger partial charge in [0.15, 0.2) is 9.84 Å². The number of carboxylic acid groups (broad SMARTS) is 1. The summed E-state index contributed by atoms with van der Waals surface area (Å²) in [6, 6.07) is 0. The zero-order valence-corrected chi connectivity index (χ0v) is 10.2. The number of aromatic carboxylic acids is 1. The maximum absolute atomic E-state index is 11.6. The van der Waals surface area contributed by atoms with Gasteiger partial charge in [-0.1, -0.05) is 6.92 Å². The summed E-state index contributed by atoms with van der Waals surface area (Å²) in [4.78, 5) is 14.3. The molecule has 94 valence electrons. The van der Waals surface area contributed by atoms with E-state index in [9.17, 15) is 13.2 Å². The van der Waals surface area contributed by atoms with Gasteiger partial charge in [0.1, 0.15) is 5.76 Å². The van der Waals surface area contributed by atoms with E-state index < -0.39 is 27.1 Å². The molecule has 1 aliphatic rings. The molecule has 1 aromatic heterocycles. The van der Waals surface area contributed by atoms with Crippen molar-refractivity contribution in [3.05, 3.63) is 17.8 Å². The Labute approximate surface area is 98.6 Å². The van der Waals surface area contributed by atoms with Crippen LogP contribution in [0.5, 0.6) is 0 Å². The number of nitrogens with zero attached hydrogens (tertiary/aromatic N) is 1. The summed E-state index contributed by atoms with van der Waals surface area (Å²) in [5.41, 5.74) is -0.669. The number of sulfone groups is 1. The molecular weight excluding hydrogens is 246 g/mol. The third kappa shape index (κ3) is 2.33. The molecule has 1 atom stereocenters. The second-order valence-corrected chi connectivity index (χ2v) is 6.78. The lowest BCUT2D eigenvalue weighted by Crippen LogP contribution is -2.37. The summed E-state index contributed by atoms with van der Waals surface area (Å²) in [7, 11) is -3.08. The molecule has 0 radical (unpaired) electrons. The third-order valence-corrected chi connectivity index (χ3v) is 4.99. The maximum atomic E-state index is 11.6. The van der Waals surface area contributed by atoms with E-state index in [0.29, 0.717) is 18.6 Å². The van der Waals surface area contributed by atoms with Crippen LogP contribution in [0.1, 0.15) is 36.2 Å². The standard InChI is InChI=1S/C10H13NO5S/c1-10(3-2-4-17(14,15)6-10)7-5-11-8(16-7)9(12)13/h5H,2-4,6H2,1H3,(H,12,13). The van der Waals surface area contributed by atoms with E-state index >= 15 is 0 Å². The van der Waals surface area contributed by atoms with Crippen LogP contribution in [0.15, 0.2) is 10.6 Å². The summed E-state index contributed by atoms with van der Waals surface area (Å²) in [6.07, 6.45) is 2.52. The zero-order valence-electron chi connectivity index (χ0n) is 9.34. The van der Waals surface area contributed by atoms with Crippen LogP contribution >= 0.6 is 0 Å². The average molecular weight is 259 g/mol. The van der Waals surface area contributed by atoms with Crippen LogP contribution in [0.25, 0.3) is 0 Å². The van der Waals surface area contributed by atoms with Crippen LogP contribution in [0.2, 0.25) is 0 Å². The van der Waals surface area contributed by atoms with Gasteiger partial charge in [-0.15, -0.1) is 0 Å². The topological polar surface area (TPSA) is 97.5 Å². The Kier molecular flexibility index (Phi) is 2.73. The van der Waals surface area contributed by atoms with E-state index in [4.69, 9.17) is 9.52 Å². The number of hydrogen-bond acceptors (Lipinski definition) is 5. The molecule has 1 saturated heterocycles. The van der Waals surface area contributed by atoms with Crippen molar-refractivity contribution in [2.45, 2.75) is 25.2 Å². The number of rotatable bonds is 2. The highest BCUT2D eigenvalue weighted by Gasteiger charge is 2.39. The van der Waals surface area contributed by atoms with Crippen LogP contribution in [0, 0.1) is 0 Å². The number of carbonyl (C=O) groups is 1. The second kappa shape index (κ2) is 3.83. The molecule has 0 aromatic carbocycles. The quantitative estimate of drug-likeness (QED) is 0.845. The first kappa shape index (κ1) is 12.1. The van der Waals surface area contributed by atoms with Crippen molar-refractivity contribution in [1.29, 1.82) is 0 Å². The molecular formula is C10H13NO5S. The van der Waals surface area contributed by atoms with Gasteiger partial charge in [-0.05, 0) is 12.8 Å². The fourth-order valence-electron chi connectivity index (χ4n) is 2.16. The van der Waals surface area contributed by atoms with Gasteiger partial charge in [0.25, 0.3) is 0 Å². The molecule has 1 aromatic rings. The predicted molar refractivity (Wildman–Crippen MR) is 58.7 cm³/mol. The normalized spacial score (nSPS) is 27.8. The fourth-order valence-corrected chi connectivity index (χ4v) is 4.14. The van der Waals surface area contributed by atoms with Crippen molar-refractivity contribution in [1.82, 2.24) is 4.98 Å². The number of aromatic nitrogens is 1. The summed E-state index contributed by atoms with van der Waals surface area (Å²) >= 11 is 0. The first-order valence-electron chi connectivity index (χ1n) is 5.22. The molecule has 2 rings (SSSR count). The molecule has 1 N–H and O–H groups in total. The Morgan fingerprint density at radius 1 is 1.59 bits per heavy atom. The highest BCUT2D eigenvalue weighted by Crippen LogP contribution is 2.35. The molecule has 17 heavy (non-hydrogen) atoms. The van der Waals surface area contributed by atoms with Gasteiger partial charge in [0.05, 0.1) is 17.7 Å². The third-order valence-electron chi connectivity index (χ3n) is 3.01. The van der Waals surface area contributed by atoms with Crippen LogP contribution in [0.4, 0.5) is 0 Å². The Balaban J connectivity index is 2.34. The van der Waals surface area contributed by atoms with Gasteiger partial charge >= 0.3 is 11.9 Å². The lowest BCUT2D eigenvalue weighted by molar-refractivity contribution is 0.0649. The van der Waals surface area contributed by atoms with E-state index in [2.05, 4.69) is 4.98 Å². The van der Waals surface area contributed by atoms with Crippen molar-refractivity contribution in [2.24, 2.45) is 0 Å². The van der Waals surface area contributed by atoms with E-state index in [1.54, 1.807) is 6.92 Å². The summed E-state index contributed by atoms with van der Waals surface area (Å²) in [6.45, 7) is 1.76. The van der Waals surface area contributed by atoms with E-state index in [1.165, 1.54) is 6.20 Å². The van der Waals surface area contributed by atoms with Gasteiger partial charge in [-0.25, -0.2) is 18.2 Å². The zero-order chi connectivity index (χ0) is 12.7. The Hall–Kier alpha value is -1.37. The van der Waals surface area contributed by atoms with Crippen molar-refractivity contribution in [3.8, 4) is 0 Å². The van der Waals surface area contributed by atoms with Crippen LogP contribution < -0.4 is 0 Å². The Morgan fingerprint density at radius 2 is 2.29 bits per heavy atom. The highest BCUT2D eigenvalue weighted by atomic mass is 32.2. The summed E-state index contributed by atoms with van der Waals surface area (Å²) in [5.74, 6) is -1.16. The number of oxazole rings is 1. The molecule has 0 spiro atoms. The van der Waals surface area contributed by atoms with Crippen molar-refractivity contribution >= 4 is 15.8 Å². The Morgan fingerprint density at radius 3 is 2.82 bits per heavy atom. The first-order valence-corrected chi connectivity index (χ1v) is 7.05. The Bertz CT molecular complexity index is 547.